The molecule has 0 fully saturated rings. The summed E-state index contributed by atoms with van der Waals surface area (Å²) in [5, 5.41) is 21.0. The third-order valence-corrected chi connectivity index (χ3v) is 4.04. The molecule has 2 rings (SSSR count). The Labute approximate surface area is 167 Å². The minimum Gasteiger partial charge on any atom is -0.504 e. The number of alkyl carbamates (subject to hydrolysis) is 1. The van der Waals surface area contributed by atoms with Crippen LogP contribution in [0.25, 0.3) is 0 Å². The number of hydrogen-bond donors (Lipinski definition) is 3. The average Bonchev–Trinajstić information content (AvgIpc) is 2.70. The molecule has 0 aliphatic heterocycles. The van der Waals surface area contributed by atoms with E-state index < -0.39 is 30.0 Å². The first-order valence-electron chi connectivity index (χ1n) is 8.67. The molecule has 8 nitrogen and oxygen atoms in total. The number of ether oxygens (including phenoxy) is 2. The van der Waals surface area contributed by atoms with Gasteiger partial charge < -0.3 is 19.7 Å². The highest BCUT2D eigenvalue weighted by atomic mass is 16.6. The molecule has 2 atom stereocenters. The van der Waals surface area contributed by atoms with Gasteiger partial charge in [0.05, 0.1) is 7.11 Å². The molecule has 152 valence electrons. The van der Waals surface area contributed by atoms with Gasteiger partial charge >= 0.3 is 12.1 Å². The number of phenolic OH excluding ortho intramolecular Hbond substituents is 1. The lowest BCUT2D eigenvalue weighted by molar-refractivity contribution is -0.131. The Morgan fingerprint density at radius 1 is 1.10 bits per heavy atom. The van der Waals surface area contributed by atoms with Crippen molar-refractivity contribution in [1.82, 2.24) is 5.32 Å². The molecule has 0 unspecified atom stereocenters. The molecule has 2 aromatic carbocycles. The second-order valence-corrected chi connectivity index (χ2v) is 6.13. The quantitative estimate of drug-likeness (QED) is 0.611. The van der Waals surface area contributed by atoms with E-state index in [1.807, 2.05) is 0 Å². The number of nitrogens with one attached hydrogen (secondary N) is 1. The number of phenols is 1. The van der Waals surface area contributed by atoms with Crippen molar-refractivity contribution in [1.29, 1.82) is 0 Å². The zero-order valence-corrected chi connectivity index (χ0v) is 15.9. The maximum absolute atomic E-state index is 12.3. The summed E-state index contributed by atoms with van der Waals surface area (Å²) >= 11 is 0. The molecule has 0 aliphatic carbocycles. The number of methoxy groups -OCH3 is 1. The maximum Gasteiger partial charge on any atom is 0.414 e. The number of carbonyl (C=O) groups is 3. The van der Waals surface area contributed by atoms with E-state index in [1.165, 1.54) is 25.3 Å². The molecule has 0 aromatic heterocycles. The van der Waals surface area contributed by atoms with Gasteiger partial charge in [-0.3, -0.25) is 10.1 Å². The van der Waals surface area contributed by atoms with Gasteiger partial charge in [0.1, 0.15) is 6.10 Å². The van der Waals surface area contributed by atoms with Crippen LogP contribution in [0.5, 0.6) is 11.5 Å². The van der Waals surface area contributed by atoms with Gasteiger partial charge in [0.15, 0.2) is 11.5 Å². The highest BCUT2D eigenvalue weighted by Crippen LogP contribution is 2.34. The predicted octanol–water partition coefficient (Wildman–Crippen LogP) is 3.29. The summed E-state index contributed by atoms with van der Waals surface area (Å²) in [7, 11) is 1.39. The van der Waals surface area contributed by atoms with Crippen LogP contribution in [-0.2, 0) is 9.53 Å². The van der Waals surface area contributed by atoms with Crippen LogP contribution in [0.4, 0.5) is 4.79 Å². The Morgan fingerprint density at radius 2 is 1.79 bits per heavy atom. The number of carboxylic acids is 1. The minimum absolute atomic E-state index is 0.172. The maximum atomic E-state index is 12.3. The van der Waals surface area contributed by atoms with E-state index in [1.54, 1.807) is 43.3 Å². The van der Waals surface area contributed by atoms with Gasteiger partial charge in [0.25, 0.3) is 5.91 Å². The molecule has 8 heteroatoms. The van der Waals surface area contributed by atoms with Gasteiger partial charge in [0.2, 0.25) is 0 Å². The molecule has 29 heavy (non-hydrogen) atoms. The summed E-state index contributed by atoms with van der Waals surface area (Å²) in [6.07, 6.45) is 0.304. The van der Waals surface area contributed by atoms with Crippen molar-refractivity contribution < 1.29 is 34.1 Å². The number of carbonyl (C=O) groups excluding carboxylic acids is 2. The van der Waals surface area contributed by atoms with E-state index in [2.05, 4.69) is 5.32 Å². The highest BCUT2D eigenvalue weighted by molar-refractivity contribution is 6.02. The van der Waals surface area contributed by atoms with Gasteiger partial charge in [-0.15, -0.1) is 0 Å². The summed E-state index contributed by atoms with van der Waals surface area (Å²) in [6.45, 7) is 1.64. The molecule has 0 bridgehead atoms. The van der Waals surface area contributed by atoms with Crippen LogP contribution >= 0.6 is 0 Å². The number of aromatic hydroxyl groups is 1. The largest absolute Gasteiger partial charge is 0.504 e. The summed E-state index contributed by atoms with van der Waals surface area (Å²) < 4.78 is 10.4. The SMILES string of the molecule is COc1ccc([C@@H](OC(=O)NC(=O)c2ccccc2)[C@H](C)/C=C/C(=O)O)cc1O. The minimum atomic E-state index is -1.16. The molecule has 0 spiro atoms. The molecular weight excluding hydrogens is 378 g/mol. The normalized spacial score (nSPS) is 12.8. The Bertz CT molecular complexity index is 909. The van der Waals surface area contributed by atoms with E-state index in [9.17, 15) is 19.5 Å². The molecule has 0 heterocycles. The van der Waals surface area contributed by atoms with Crippen LogP contribution in [-0.4, -0.2) is 35.3 Å². The summed E-state index contributed by atoms with van der Waals surface area (Å²) in [4.78, 5) is 35.2. The first-order valence-corrected chi connectivity index (χ1v) is 8.67. The standard InChI is InChI=1S/C21H21NO7/c1-13(8-11-18(24)25)19(15-9-10-17(28-2)16(23)12-15)29-21(27)22-20(26)14-6-4-3-5-7-14/h3-13,19,23H,1-2H3,(H,24,25)(H,22,26,27)/b11-8+/t13-,19+/m1/s1. The molecule has 0 saturated heterocycles. The molecule has 2 aromatic rings. The van der Waals surface area contributed by atoms with E-state index in [4.69, 9.17) is 14.6 Å². The fraction of sp³-hybridized carbons (Fsp3) is 0.190. The van der Waals surface area contributed by atoms with E-state index in [0.717, 1.165) is 6.08 Å². The first-order chi connectivity index (χ1) is 13.8. The Hall–Kier alpha value is -3.81. The van der Waals surface area contributed by atoms with E-state index in [-0.39, 0.29) is 17.1 Å². The number of aliphatic carboxylic acids is 1. The zero-order valence-electron chi connectivity index (χ0n) is 15.9. The molecule has 0 aliphatic rings. The van der Waals surface area contributed by atoms with Crippen LogP contribution in [0, 0.1) is 5.92 Å². The summed E-state index contributed by atoms with van der Waals surface area (Å²) in [5.41, 5.74) is 0.676. The number of hydrogen-bond acceptors (Lipinski definition) is 6. The van der Waals surface area contributed by atoms with Gasteiger partial charge in [-0.1, -0.05) is 37.3 Å². The third kappa shape index (κ3) is 6.10. The number of carboxylic acid groups (broad SMARTS) is 1. The van der Waals surface area contributed by atoms with Crippen molar-refractivity contribution >= 4 is 18.0 Å². The second-order valence-electron chi connectivity index (χ2n) is 6.13. The zero-order chi connectivity index (χ0) is 21.4. The number of amides is 2. The highest BCUT2D eigenvalue weighted by Gasteiger charge is 2.24. The number of rotatable bonds is 7. The van der Waals surface area contributed by atoms with Gasteiger partial charge in [-0.05, 0) is 29.8 Å². The molecule has 0 radical (unpaired) electrons. The van der Waals surface area contributed by atoms with E-state index >= 15 is 0 Å². The molecular formula is C21H21NO7. The van der Waals surface area contributed by atoms with Crippen molar-refractivity contribution in [2.45, 2.75) is 13.0 Å². The van der Waals surface area contributed by atoms with Crippen molar-refractivity contribution in [2.75, 3.05) is 7.11 Å². The van der Waals surface area contributed by atoms with Gasteiger partial charge in [-0.25, -0.2) is 9.59 Å². The van der Waals surface area contributed by atoms with Crippen molar-refractivity contribution in [3.8, 4) is 11.5 Å². The van der Waals surface area contributed by atoms with Crippen LogP contribution in [0.3, 0.4) is 0 Å². The number of imide groups is 1. The topological polar surface area (TPSA) is 122 Å². The fourth-order valence-corrected chi connectivity index (χ4v) is 2.60. The fourth-order valence-electron chi connectivity index (χ4n) is 2.60. The monoisotopic (exact) mass is 399 g/mol. The van der Waals surface area contributed by atoms with Gasteiger partial charge in [0, 0.05) is 17.6 Å². The van der Waals surface area contributed by atoms with Crippen LogP contribution in [0.1, 0.15) is 28.9 Å². The first kappa shape index (κ1) is 21.5. The summed E-state index contributed by atoms with van der Waals surface area (Å²) in [5.74, 6) is -2.31. The van der Waals surface area contributed by atoms with Crippen molar-refractivity contribution in [3.05, 3.63) is 71.8 Å². The van der Waals surface area contributed by atoms with Crippen LogP contribution in [0.15, 0.2) is 60.7 Å². The average molecular weight is 399 g/mol. The second kappa shape index (κ2) is 9.93. The molecule has 0 saturated carbocycles. The molecule has 2 amide bonds. The van der Waals surface area contributed by atoms with Crippen molar-refractivity contribution in [3.63, 3.8) is 0 Å². The van der Waals surface area contributed by atoms with Crippen LogP contribution in [0.2, 0.25) is 0 Å². The van der Waals surface area contributed by atoms with Crippen molar-refractivity contribution in [2.24, 2.45) is 5.92 Å². The lowest BCUT2D eigenvalue weighted by atomic mass is 9.96. The lowest BCUT2D eigenvalue weighted by Crippen LogP contribution is -2.33. The van der Waals surface area contributed by atoms with Crippen LogP contribution < -0.4 is 10.1 Å². The smallest absolute Gasteiger partial charge is 0.414 e. The van der Waals surface area contributed by atoms with E-state index in [0.29, 0.717) is 5.56 Å². The third-order valence-electron chi connectivity index (χ3n) is 4.04. The molecule has 3 N–H and O–H groups in total. The predicted molar refractivity (Wildman–Crippen MR) is 104 cm³/mol. The lowest BCUT2D eigenvalue weighted by Gasteiger charge is -2.23. The summed E-state index contributed by atoms with van der Waals surface area (Å²) in [6, 6.07) is 12.5. The number of benzene rings is 2. The van der Waals surface area contributed by atoms with Gasteiger partial charge in [-0.2, -0.15) is 0 Å². The Morgan fingerprint density at radius 3 is 2.38 bits per heavy atom. The Kier molecular flexibility index (Phi) is 7.36. The Balaban J connectivity index is 2.22.